The molecule has 0 heterocycles. The molecule has 0 N–H and O–H groups in total. The average Bonchev–Trinajstić information content (AvgIpc) is 2.29. The zero-order valence-electron chi connectivity index (χ0n) is 12.2. The monoisotopic (exact) mass is 257 g/mol. The van der Waals surface area contributed by atoms with Crippen molar-refractivity contribution in [3.05, 3.63) is 0 Å². The zero-order chi connectivity index (χ0) is 12.9. The van der Waals surface area contributed by atoms with Crippen molar-refractivity contribution in [3.8, 4) is 0 Å². The van der Waals surface area contributed by atoms with Crippen LogP contribution in [0.25, 0.3) is 0 Å². The fourth-order valence-electron chi connectivity index (χ4n) is 3.03. The van der Waals surface area contributed by atoms with Gasteiger partial charge in [-0.3, -0.25) is 0 Å². The highest BCUT2D eigenvalue weighted by Gasteiger charge is 2.33. The molecule has 0 aliphatic heterocycles. The fourth-order valence-corrected chi connectivity index (χ4v) is 3.44. The highest BCUT2D eigenvalue weighted by atomic mass is 32.1. The number of hydrogen-bond donors (Lipinski definition) is 1. The van der Waals surface area contributed by atoms with Gasteiger partial charge in [-0.15, -0.1) is 0 Å². The SMILES string of the molecule is CC(C)CN(CC1(CS)CCCCC1)C(C)C. The first-order valence-corrected chi connectivity index (χ1v) is 7.97. The lowest BCUT2D eigenvalue weighted by molar-refractivity contribution is 0.0936. The van der Waals surface area contributed by atoms with Crippen LogP contribution in [0.4, 0.5) is 0 Å². The van der Waals surface area contributed by atoms with E-state index in [9.17, 15) is 0 Å². The Kier molecular flexibility index (Phi) is 6.36. The lowest BCUT2D eigenvalue weighted by Crippen LogP contribution is -2.45. The van der Waals surface area contributed by atoms with E-state index in [1.165, 1.54) is 45.2 Å². The van der Waals surface area contributed by atoms with Crippen molar-refractivity contribution in [1.82, 2.24) is 4.90 Å². The molecular formula is C15H31NS. The number of nitrogens with zero attached hydrogens (tertiary/aromatic N) is 1. The van der Waals surface area contributed by atoms with Crippen LogP contribution < -0.4 is 0 Å². The average molecular weight is 257 g/mol. The lowest BCUT2D eigenvalue weighted by atomic mass is 9.75. The second-order valence-corrected chi connectivity index (χ2v) is 6.95. The van der Waals surface area contributed by atoms with Crippen LogP contribution in [0.15, 0.2) is 0 Å². The molecule has 0 radical (unpaired) electrons. The minimum atomic E-state index is 0.501. The molecule has 0 aromatic carbocycles. The summed E-state index contributed by atoms with van der Waals surface area (Å²) in [5.74, 6) is 1.83. The summed E-state index contributed by atoms with van der Waals surface area (Å²) in [5, 5.41) is 0. The molecule has 1 aliphatic carbocycles. The Morgan fingerprint density at radius 1 is 1.06 bits per heavy atom. The normalized spacial score (nSPS) is 20.5. The summed E-state index contributed by atoms with van der Waals surface area (Å²) < 4.78 is 0. The van der Waals surface area contributed by atoms with Crippen LogP contribution in [0, 0.1) is 11.3 Å². The molecule has 1 nitrogen and oxygen atoms in total. The van der Waals surface area contributed by atoms with Crippen LogP contribution in [0.3, 0.4) is 0 Å². The molecule has 102 valence electrons. The lowest BCUT2D eigenvalue weighted by Gasteiger charge is -2.42. The highest BCUT2D eigenvalue weighted by Crippen LogP contribution is 2.38. The maximum atomic E-state index is 4.66. The van der Waals surface area contributed by atoms with Crippen LogP contribution in [-0.4, -0.2) is 29.8 Å². The van der Waals surface area contributed by atoms with E-state index in [4.69, 9.17) is 0 Å². The summed E-state index contributed by atoms with van der Waals surface area (Å²) >= 11 is 4.66. The van der Waals surface area contributed by atoms with Gasteiger partial charge in [-0.05, 0) is 43.8 Å². The molecule has 1 fully saturated rings. The third-order valence-corrected chi connectivity index (χ3v) is 4.79. The first-order chi connectivity index (χ1) is 7.99. The predicted molar refractivity (Wildman–Crippen MR) is 80.9 cm³/mol. The van der Waals surface area contributed by atoms with E-state index in [2.05, 4.69) is 45.2 Å². The van der Waals surface area contributed by atoms with E-state index in [-0.39, 0.29) is 0 Å². The van der Waals surface area contributed by atoms with Crippen molar-refractivity contribution in [3.63, 3.8) is 0 Å². The van der Waals surface area contributed by atoms with Crippen LogP contribution >= 0.6 is 12.6 Å². The summed E-state index contributed by atoms with van der Waals surface area (Å²) in [7, 11) is 0. The molecule has 0 aromatic heterocycles. The maximum Gasteiger partial charge on any atom is 0.00486 e. The van der Waals surface area contributed by atoms with Gasteiger partial charge >= 0.3 is 0 Å². The Labute approximate surface area is 114 Å². The van der Waals surface area contributed by atoms with Gasteiger partial charge in [0.15, 0.2) is 0 Å². The Hall–Kier alpha value is 0.310. The Morgan fingerprint density at radius 3 is 2.06 bits per heavy atom. The summed E-state index contributed by atoms with van der Waals surface area (Å²) in [6, 6.07) is 0.663. The van der Waals surface area contributed by atoms with Gasteiger partial charge in [0.1, 0.15) is 0 Å². The van der Waals surface area contributed by atoms with Gasteiger partial charge in [-0.2, -0.15) is 12.6 Å². The van der Waals surface area contributed by atoms with Gasteiger partial charge in [-0.25, -0.2) is 0 Å². The smallest absolute Gasteiger partial charge is 0.00486 e. The zero-order valence-corrected chi connectivity index (χ0v) is 13.1. The Bertz CT molecular complexity index is 207. The summed E-state index contributed by atoms with van der Waals surface area (Å²) in [4.78, 5) is 2.67. The standard InChI is InChI=1S/C15H31NS/c1-13(2)10-16(14(3)4)11-15(12-17)8-6-5-7-9-15/h13-14,17H,5-12H2,1-4H3. The highest BCUT2D eigenvalue weighted by molar-refractivity contribution is 7.80. The Balaban J connectivity index is 2.62. The van der Waals surface area contributed by atoms with Gasteiger partial charge in [0.2, 0.25) is 0 Å². The predicted octanol–water partition coefficient (Wildman–Crippen LogP) is 4.23. The van der Waals surface area contributed by atoms with Crippen molar-refractivity contribution in [2.45, 2.75) is 65.8 Å². The van der Waals surface area contributed by atoms with E-state index >= 15 is 0 Å². The summed E-state index contributed by atoms with van der Waals surface area (Å²) in [6.45, 7) is 11.8. The number of rotatable bonds is 6. The van der Waals surface area contributed by atoms with E-state index in [0.717, 1.165) is 11.7 Å². The molecule has 17 heavy (non-hydrogen) atoms. The van der Waals surface area contributed by atoms with Gasteiger partial charge < -0.3 is 4.90 Å². The number of thiol groups is 1. The van der Waals surface area contributed by atoms with Crippen molar-refractivity contribution in [2.75, 3.05) is 18.8 Å². The molecule has 0 unspecified atom stereocenters. The van der Waals surface area contributed by atoms with E-state index in [1.807, 2.05) is 0 Å². The topological polar surface area (TPSA) is 3.24 Å². The van der Waals surface area contributed by atoms with Crippen molar-refractivity contribution < 1.29 is 0 Å². The molecule has 0 aromatic rings. The van der Waals surface area contributed by atoms with Gasteiger partial charge in [0.25, 0.3) is 0 Å². The molecule has 0 spiro atoms. The van der Waals surface area contributed by atoms with Gasteiger partial charge in [-0.1, -0.05) is 33.1 Å². The first kappa shape index (κ1) is 15.4. The minimum Gasteiger partial charge on any atom is -0.300 e. The van der Waals surface area contributed by atoms with Crippen LogP contribution in [0.5, 0.6) is 0 Å². The van der Waals surface area contributed by atoms with E-state index in [0.29, 0.717) is 11.5 Å². The molecule has 1 aliphatic rings. The molecule has 0 saturated heterocycles. The molecule has 1 rings (SSSR count). The minimum absolute atomic E-state index is 0.501. The third-order valence-electron chi connectivity index (χ3n) is 4.12. The van der Waals surface area contributed by atoms with Gasteiger partial charge in [0.05, 0.1) is 0 Å². The number of hydrogen-bond acceptors (Lipinski definition) is 2. The Morgan fingerprint density at radius 2 is 1.65 bits per heavy atom. The van der Waals surface area contributed by atoms with Crippen molar-refractivity contribution >= 4 is 12.6 Å². The second-order valence-electron chi connectivity index (χ2n) is 6.64. The third kappa shape index (κ3) is 4.82. The van der Waals surface area contributed by atoms with Crippen LogP contribution in [0.1, 0.15) is 59.8 Å². The van der Waals surface area contributed by atoms with Crippen LogP contribution in [0.2, 0.25) is 0 Å². The molecule has 2 heteroatoms. The summed E-state index contributed by atoms with van der Waals surface area (Å²) in [6.07, 6.45) is 7.03. The van der Waals surface area contributed by atoms with E-state index < -0.39 is 0 Å². The van der Waals surface area contributed by atoms with Crippen LogP contribution in [-0.2, 0) is 0 Å². The second kappa shape index (κ2) is 7.04. The van der Waals surface area contributed by atoms with Crippen molar-refractivity contribution in [1.29, 1.82) is 0 Å². The molecule has 0 atom stereocenters. The molecular weight excluding hydrogens is 226 g/mol. The first-order valence-electron chi connectivity index (χ1n) is 7.34. The largest absolute Gasteiger partial charge is 0.300 e. The van der Waals surface area contributed by atoms with Gasteiger partial charge in [0, 0.05) is 19.1 Å². The fraction of sp³-hybridized carbons (Fsp3) is 1.00. The molecule has 1 saturated carbocycles. The maximum absolute atomic E-state index is 4.66. The summed E-state index contributed by atoms with van der Waals surface area (Å²) in [5.41, 5.74) is 0.501. The van der Waals surface area contributed by atoms with E-state index in [1.54, 1.807) is 0 Å². The van der Waals surface area contributed by atoms with Crippen molar-refractivity contribution in [2.24, 2.45) is 11.3 Å². The molecule has 0 bridgehead atoms. The quantitative estimate of drug-likeness (QED) is 0.697. The molecule has 0 amide bonds.